The predicted molar refractivity (Wildman–Crippen MR) is 104 cm³/mol. The molecule has 2 atom stereocenters. The Balaban J connectivity index is 2.44. The molecule has 0 spiro atoms. The van der Waals surface area contributed by atoms with Gasteiger partial charge in [0.15, 0.2) is 0 Å². The second-order valence-corrected chi connectivity index (χ2v) is 6.61. The third-order valence-electron chi connectivity index (χ3n) is 4.54. The Kier molecular flexibility index (Phi) is 6.70. The topological polar surface area (TPSA) is 146 Å². The fourth-order valence-corrected chi connectivity index (χ4v) is 2.94. The Morgan fingerprint density at radius 3 is 2.56 bits per heavy atom. The van der Waals surface area contributed by atoms with Crippen LogP contribution in [0.5, 0.6) is 0 Å². The fraction of sp³-hybridized carbons (Fsp3) is 0.421. The smallest absolute Gasteiger partial charge is 0.336 e. The molecule has 0 saturated carbocycles. The molecule has 1 aromatic heterocycles. The summed E-state index contributed by atoms with van der Waals surface area (Å²) >= 11 is 0. The molecule has 0 aliphatic heterocycles. The minimum atomic E-state index is -0.910. The van der Waals surface area contributed by atoms with E-state index in [4.69, 9.17) is 21.6 Å². The van der Waals surface area contributed by atoms with Crippen molar-refractivity contribution in [1.82, 2.24) is 0 Å². The molecule has 1 heterocycles. The lowest BCUT2D eigenvalue weighted by molar-refractivity contribution is -0.125. The number of hydrogen-bond acceptors (Lipinski definition) is 6. The molecule has 0 saturated heterocycles. The summed E-state index contributed by atoms with van der Waals surface area (Å²) in [6.45, 7) is 3.84. The number of amides is 2. The number of fused-ring (bicyclic) bond motifs is 1. The molecule has 2 amide bonds. The predicted octanol–water partition coefficient (Wildman–Crippen LogP) is 0.765. The zero-order valence-electron chi connectivity index (χ0n) is 15.6. The van der Waals surface area contributed by atoms with Gasteiger partial charge in [0.2, 0.25) is 11.8 Å². The average Bonchev–Trinajstić information content (AvgIpc) is 2.61. The van der Waals surface area contributed by atoms with E-state index < -0.39 is 29.5 Å². The first-order valence-electron chi connectivity index (χ1n) is 8.88. The zero-order valence-corrected chi connectivity index (χ0v) is 15.6. The Labute approximate surface area is 157 Å². The number of hydrogen-bond donors (Lipinski definition) is 3. The summed E-state index contributed by atoms with van der Waals surface area (Å²) < 4.78 is 5.24. The van der Waals surface area contributed by atoms with Gasteiger partial charge in [0.25, 0.3) is 0 Å². The van der Waals surface area contributed by atoms with Crippen LogP contribution in [-0.2, 0) is 9.59 Å². The second kappa shape index (κ2) is 8.79. The Morgan fingerprint density at radius 2 is 1.93 bits per heavy atom. The van der Waals surface area contributed by atoms with Crippen LogP contribution in [-0.4, -0.2) is 30.4 Å². The number of rotatable bonds is 8. The van der Waals surface area contributed by atoms with Crippen molar-refractivity contribution in [2.24, 2.45) is 17.2 Å². The van der Waals surface area contributed by atoms with E-state index >= 15 is 0 Å². The summed E-state index contributed by atoms with van der Waals surface area (Å²) in [6, 6.07) is 4.65. The number of nitrogens with zero attached hydrogens (tertiary/aromatic N) is 1. The second-order valence-electron chi connectivity index (χ2n) is 6.61. The van der Waals surface area contributed by atoms with Crippen molar-refractivity contribution in [3.63, 3.8) is 0 Å². The molecular weight excluding hydrogens is 348 g/mol. The highest BCUT2D eigenvalue weighted by atomic mass is 16.4. The van der Waals surface area contributed by atoms with Gasteiger partial charge in [-0.15, -0.1) is 0 Å². The standard InChI is InChI=1S/C19H26N4O4/c1-11-9-17(24)27-16-10-13(6-7-14(11)16)23(12(2)18(22)25)19(26)15(21)5-3-4-8-20/h6-7,9-10,12,15H,3-5,8,20-21H2,1-2H3,(H2,22,25)/t12-,15-/m0/s1. The monoisotopic (exact) mass is 374 g/mol. The van der Waals surface area contributed by atoms with Crippen molar-refractivity contribution >= 4 is 28.5 Å². The first-order chi connectivity index (χ1) is 12.8. The largest absolute Gasteiger partial charge is 0.423 e. The average molecular weight is 374 g/mol. The van der Waals surface area contributed by atoms with E-state index in [-0.39, 0.29) is 0 Å². The van der Waals surface area contributed by atoms with E-state index in [1.54, 1.807) is 25.1 Å². The van der Waals surface area contributed by atoms with E-state index in [0.29, 0.717) is 30.7 Å². The highest BCUT2D eigenvalue weighted by Gasteiger charge is 2.29. The third-order valence-corrected chi connectivity index (χ3v) is 4.54. The lowest BCUT2D eigenvalue weighted by Crippen LogP contribution is -2.52. The summed E-state index contributed by atoms with van der Waals surface area (Å²) in [5.41, 5.74) is 17.9. The molecule has 0 radical (unpaired) electrons. The van der Waals surface area contributed by atoms with Gasteiger partial charge in [0.05, 0.1) is 6.04 Å². The number of carbonyl (C=O) groups is 2. The van der Waals surface area contributed by atoms with Crippen LogP contribution in [0.3, 0.4) is 0 Å². The van der Waals surface area contributed by atoms with E-state index in [0.717, 1.165) is 17.4 Å². The van der Waals surface area contributed by atoms with Crippen molar-refractivity contribution in [3.05, 3.63) is 40.2 Å². The van der Waals surface area contributed by atoms with Gasteiger partial charge in [-0.3, -0.25) is 14.5 Å². The van der Waals surface area contributed by atoms with Gasteiger partial charge in [0.1, 0.15) is 11.6 Å². The molecule has 0 fully saturated rings. The van der Waals surface area contributed by atoms with Gasteiger partial charge in [-0.2, -0.15) is 0 Å². The SMILES string of the molecule is Cc1cc(=O)oc2cc(N(C(=O)[C@@H](N)CCCCN)[C@@H](C)C(N)=O)ccc12. The van der Waals surface area contributed by atoms with E-state index in [2.05, 4.69) is 0 Å². The van der Waals surface area contributed by atoms with Crippen LogP contribution in [0.1, 0.15) is 31.7 Å². The molecule has 27 heavy (non-hydrogen) atoms. The number of nitrogens with two attached hydrogens (primary N) is 3. The molecule has 8 heteroatoms. The lowest BCUT2D eigenvalue weighted by Gasteiger charge is -2.30. The summed E-state index contributed by atoms with van der Waals surface area (Å²) in [6.07, 6.45) is 1.90. The normalized spacial score (nSPS) is 13.3. The zero-order chi connectivity index (χ0) is 20.1. The molecule has 0 bridgehead atoms. The van der Waals surface area contributed by atoms with Crippen LogP contribution < -0.4 is 27.7 Å². The van der Waals surface area contributed by atoms with Gasteiger partial charge in [-0.05, 0) is 50.9 Å². The van der Waals surface area contributed by atoms with E-state index in [9.17, 15) is 14.4 Å². The Bertz CT molecular complexity index is 893. The maximum Gasteiger partial charge on any atom is 0.336 e. The van der Waals surface area contributed by atoms with Crippen molar-refractivity contribution in [3.8, 4) is 0 Å². The quantitative estimate of drug-likeness (QED) is 0.459. The maximum absolute atomic E-state index is 12.9. The van der Waals surface area contributed by atoms with Crippen molar-refractivity contribution in [2.75, 3.05) is 11.4 Å². The Hall–Kier alpha value is -2.71. The number of anilines is 1. The lowest BCUT2D eigenvalue weighted by atomic mass is 10.1. The molecular formula is C19H26N4O4. The van der Waals surface area contributed by atoms with Gasteiger partial charge < -0.3 is 21.6 Å². The van der Waals surface area contributed by atoms with E-state index in [1.807, 2.05) is 0 Å². The van der Waals surface area contributed by atoms with E-state index in [1.165, 1.54) is 17.9 Å². The molecule has 8 nitrogen and oxygen atoms in total. The summed E-state index contributed by atoms with van der Waals surface area (Å²) in [5.74, 6) is -1.09. The molecule has 1 aromatic carbocycles. The molecule has 2 aromatic rings. The van der Waals surface area contributed by atoms with Crippen molar-refractivity contribution < 1.29 is 14.0 Å². The summed E-state index contributed by atoms with van der Waals surface area (Å²) in [7, 11) is 0. The number of primary amides is 1. The molecule has 0 unspecified atom stereocenters. The van der Waals surface area contributed by atoms with Crippen LogP contribution in [0.4, 0.5) is 5.69 Å². The molecule has 0 aliphatic carbocycles. The van der Waals surface area contributed by atoms with Crippen molar-refractivity contribution in [1.29, 1.82) is 0 Å². The number of aryl methyl sites for hydroxylation is 1. The van der Waals surface area contributed by atoms with Crippen LogP contribution >= 0.6 is 0 Å². The maximum atomic E-state index is 12.9. The summed E-state index contributed by atoms with van der Waals surface area (Å²) in [4.78, 5) is 37.6. The number of benzene rings is 1. The number of carbonyl (C=O) groups excluding carboxylic acids is 2. The van der Waals surface area contributed by atoms with Crippen LogP contribution in [0.15, 0.2) is 33.5 Å². The Morgan fingerprint density at radius 1 is 1.22 bits per heavy atom. The summed E-state index contributed by atoms with van der Waals surface area (Å²) in [5, 5.41) is 0.740. The number of unbranched alkanes of at least 4 members (excludes halogenated alkanes) is 1. The van der Waals surface area contributed by atoms with Gasteiger partial charge in [0, 0.05) is 23.2 Å². The fourth-order valence-electron chi connectivity index (χ4n) is 2.94. The van der Waals surface area contributed by atoms with Crippen LogP contribution in [0.25, 0.3) is 11.0 Å². The van der Waals surface area contributed by atoms with Gasteiger partial charge in [-0.25, -0.2) is 4.79 Å². The minimum absolute atomic E-state index is 0.323. The molecule has 6 N–H and O–H groups in total. The highest BCUT2D eigenvalue weighted by molar-refractivity contribution is 6.03. The minimum Gasteiger partial charge on any atom is -0.423 e. The molecule has 2 rings (SSSR count). The third kappa shape index (κ3) is 4.72. The van der Waals surface area contributed by atoms with Crippen molar-refractivity contribution in [2.45, 2.75) is 45.2 Å². The molecule has 0 aliphatic rings. The first-order valence-corrected chi connectivity index (χ1v) is 8.88. The van der Waals surface area contributed by atoms with Gasteiger partial charge >= 0.3 is 5.63 Å². The van der Waals surface area contributed by atoms with Crippen LogP contribution in [0, 0.1) is 6.92 Å². The first kappa shape index (κ1) is 20.6. The van der Waals surface area contributed by atoms with Crippen LogP contribution in [0.2, 0.25) is 0 Å². The van der Waals surface area contributed by atoms with Gasteiger partial charge in [-0.1, -0.05) is 6.42 Å². The molecule has 146 valence electrons. The highest BCUT2D eigenvalue weighted by Crippen LogP contribution is 2.25.